The van der Waals surface area contributed by atoms with Gasteiger partial charge in [-0.3, -0.25) is 4.79 Å². The van der Waals surface area contributed by atoms with Gasteiger partial charge in [0.25, 0.3) is 0 Å². The van der Waals surface area contributed by atoms with Gasteiger partial charge in [-0.2, -0.15) is 11.8 Å². The quantitative estimate of drug-likeness (QED) is 0.831. The molecule has 1 amide bonds. The van der Waals surface area contributed by atoms with Gasteiger partial charge in [0.1, 0.15) is 0 Å². The molecule has 0 unspecified atom stereocenters. The van der Waals surface area contributed by atoms with E-state index in [9.17, 15) is 4.79 Å². The summed E-state index contributed by atoms with van der Waals surface area (Å²) in [5.74, 6) is 0.850. The second-order valence-electron chi connectivity index (χ2n) is 6.91. The molecule has 2 aliphatic heterocycles. The topological polar surface area (TPSA) is 50.4 Å². The van der Waals surface area contributed by atoms with Gasteiger partial charge in [-0.1, -0.05) is 12.8 Å². The Morgan fingerprint density at radius 2 is 2.14 bits per heavy atom. The van der Waals surface area contributed by atoms with E-state index in [1.165, 1.54) is 19.3 Å². The third kappa shape index (κ3) is 2.97. The minimum Gasteiger partial charge on any atom is -0.381 e. The molecule has 2 atom stereocenters. The number of hydrogen-bond donors (Lipinski definition) is 2. The van der Waals surface area contributed by atoms with Crippen LogP contribution in [0.2, 0.25) is 0 Å². The molecular formula is C16H28N2O2S. The summed E-state index contributed by atoms with van der Waals surface area (Å²) in [6, 6.07) is 0. The van der Waals surface area contributed by atoms with Gasteiger partial charge in [0, 0.05) is 31.1 Å². The molecule has 0 spiro atoms. The van der Waals surface area contributed by atoms with Crippen LogP contribution >= 0.6 is 11.8 Å². The molecule has 0 aromatic heterocycles. The fourth-order valence-corrected chi connectivity index (χ4v) is 5.10. The van der Waals surface area contributed by atoms with Crippen LogP contribution in [-0.2, 0) is 9.53 Å². The second kappa shape index (κ2) is 6.47. The summed E-state index contributed by atoms with van der Waals surface area (Å²) in [4.78, 5) is 12.9. The van der Waals surface area contributed by atoms with Crippen LogP contribution in [0, 0.1) is 11.3 Å². The van der Waals surface area contributed by atoms with Crippen LogP contribution < -0.4 is 10.6 Å². The highest BCUT2D eigenvalue weighted by molar-refractivity contribution is 8.00. The Hall–Kier alpha value is -0.260. The summed E-state index contributed by atoms with van der Waals surface area (Å²) in [5.41, 5.74) is -0.122. The van der Waals surface area contributed by atoms with Crippen LogP contribution in [0.5, 0.6) is 0 Å². The Kier molecular flexibility index (Phi) is 4.81. The number of amides is 1. The monoisotopic (exact) mass is 312 g/mol. The summed E-state index contributed by atoms with van der Waals surface area (Å²) in [7, 11) is 0. The van der Waals surface area contributed by atoms with Gasteiger partial charge in [-0.25, -0.2) is 0 Å². The molecular weight excluding hydrogens is 284 g/mol. The predicted molar refractivity (Wildman–Crippen MR) is 86.6 cm³/mol. The Balaban J connectivity index is 1.62. The molecule has 2 N–H and O–H groups in total. The number of fused-ring (bicyclic) bond motifs is 1. The minimum absolute atomic E-state index is 0.122. The third-order valence-corrected chi connectivity index (χ3v) is 7.32. The van der Waals surface area contributed by atoms with Crippen LogP contribution in [0.3, 0.4) is 0 Å². The molecule has 120 valence electrons. The molecule has 3 rings (SSSR count). The zero-order chi connectivity index (χ0) is 14.8. The van der Waals surface area contributed by atoms with E-state index in [1.807, 2.05) is 11.8 Å². The number of rotatable bonds is 4. The highest BCUT2D eigenvalue weighted by atomic mass is 32.2. The molecule has 5 heteroatoms. The molecule has 0 aromatic rings. The second-order valence-corrected chi connectivity index (χ2v) is 8.19. The van der Waals surface area contributed by atoms with Gasteiger partial charge in [-0.05, 0) is 44.4 Å². The Labute approximate surface area is 132 Å². The minimum atomic E-state index is -0.122. The van der Waals surface area contributed by atoms with E-state index in [-0.39, 0.29) is 10.2 Å². The van der Waals surface area contributed by atoms with Crippen molar-refractivity contribution in [1.82, 2.24) is 10.6 Å². The van der Waals surface area contributed by atoms with Crippen LogP contribution in [0.1, 0.15) is 38.5 Å². The lowest BCUT2D eigenvalue weighted by atomic mass is 9.67. The van der Waals surface area contributed by atoms with Crippen molar-refractivity contribution in [3.05, 3.63) is 0 Å². The molecule has 0 bridgehead atoms. The van der Waals surface area contributed by atoms with Crippen LogP contribution in [0.15, 0.2) is 0 Å². The molecule has 2 heterocycles. The van der Waals surface area contributed by atoms with Crippen molar-refractivity contribution < 1.29 is 9.53 Å². The summed E-state index contributed by atoms with van der Waals surface area (Å²) < 4.78 is 5.66. The van der Waals surface area contributed by atoms with E-state index in [0.29, 0.717) is 11.8 Å². The first-order valence-electron chi connectivity index (χ1n) is 8.33. The number of nitrogens with one attached hydrogen (secondary N) is 2. The standard InChI is InChI=1S/C16H28N2O2S/c1-21-15(6-8-20-9-7-15)11-18-14(19)16-5-3-2-4-13(16)10-17-12-16/h13,17H,2-12H2,1H3,(H,18,19)/t13-,16+/m0/s1. The lowest BCUT2D eigenvalue weighted by Crippen LogP contribution is -2.52. The average Bonchev–Trinajstić information content (AvgIpc) is 2.98. The van der Waals surface area contributed by atoms with Crippen molar-refractivity contribution in [2.75, 3.05) is 39.1 Å². The number of ether oxygens (including phenoxy) is 1. The molecule has 2 saturated heterocycles. The summed E-state index contributed by atoms with van der Waals surface area (Å²) in [6.07, 6.45) is 9.01. The Morgan fingerprint density at radius 3 is 2.90 bits per heavy atom. The summed E-state index contributed by atoms with van der Waals surface area (Å²) in [6.45, 7) is 4.34. The fourth-order valence-electron chi connectivity index (χ4n) is 4.30. The number of hydrogen-bond acceptors (Lipinski definition) is 4. The molecule has 3 fully saturated rings. The highest BCUT2D eigenvalue weighted by Crippen LogP contribution is 2.44. The van der Waals surface area contributed by atoms with E-state index >= 15 is 0 Å². The predicted octanol–water partition coefficient (Wildman–Crippen LogP) is 1.79. The molecule has 1 aliphatic carbocycles. The SMILES string of the molecule is CSC1(CNC(=O)[C@@]23CCCC[C@H]2CNC3)CCOCC1. The molecule has 21 heavy (non-hydrogen) atoms. The van der Waals surface area contributed by atoms with Crippen LogP contribution in [0.4, 0.5) is 0 Å². The summed E-state index contributed by atoms with van der Waals surface area (Å²) in [5, 5.41) is 6.78. The van der Waals surface area contributed by atoms with Crippen molar-refractivity contribution in [3.63, 3.8) is 0 Å². The third-order valence-electron chi connectivity index (χ3n) is 5.90. The Bertz CT molecular complexity index is 384. The first-order valence-corrected chi connectivity index (χ1v) is 9.55. The van der Waals surface area contributed by atoms with E-state index in [2.05, 4.69) is 16.9 Å². The van der Waals surface area contributed by atoms with Crippen molar-refractivity contribution in [2.45, 2.75) is 43.3 Å². The van der Waals surface area contributed by atoms with E-state index in [0.717, 1.165) is 52.1 Å². The first-order chi connectivity index (χ1) is 10.2. The van der Waals surface area contributed by atoms with E-state index < -0.39 is 0 Å². The van der Waals surface area contributed by atoms with Crippen molar-refractivity contribution in [3.8, 4) is 0 Å². The zero-order valence-electron chi connectivity index (χ0n) is 13.1. The molecule has 1 saturated carbocycles. The first kappa shape index (κ1) is 15.6. The molecule has 0 radical (unpaired) electrons. The molecule has 3 aliphatic rings. The maximum Gasteiger partial charge on any atom is 0.227 e. The summed E-state index contributed by atoms with van der Waals surface area (Å²) >= 11 is 1.89. The lowest BCUT2D eigenvalue weighted by Gasteiger charge is -2.40. The largest absolute Gasteiger partial charge is 0.381 e. The van der Waals surface area contributed by atoms with Crippen molar-refractivity contribution in [2.24, 2.45) is 11.3 Å². The maximum absolute atomic E-state index is 12.9. The average molecular weight is 312 g/mol. The van der Waals surface area contributed by atoms with E-state index in [4.69, 9.17) is 4.74 Å². The van der Waals surface area contributed by atoms with Gasteiger partial charge in [0.05, 0.1) is 5.41 Å². The fraction of sp³-hybridized carbons (Fsp3) is 0.938. The normalized spacial score (nSPS) is 35.2. The van der Waals surface area contributed by atoms with Gasteiger partial charge in [-0.15, -0.1) is 0 Å². The highest BCUT2D eigenvalue weighted by Gasteiger charge is 2.50. The number of carbonyl (C=O) groups is 1. The van der Waals surface area contributed by atoms with Gasteiger partial charge < -0.3 is 15.4 Å². The van der Waals surface area contributed by atoms with Crippen LogP contribution in [-0.4, -0.2) is 49.8 Å². The van der Waals surface area contributed by atoms with Crippen molar-refractivity contribution in [1.29, 1.82) is 0 Å². The number of carbonyl (C=O) groups excluding carboxylic acids is 1. The van der Waals surface area contributed by atoms with E-state index in [1.54, 1.807) is 0 Å². The van der Waals surface area contributed by atoms with Gasteiger partial charge in [0.2, 0.25) is 5.91 Å². The van der Waals surface area contributed by atoms with Gasteiger partial charge in [0.15, 0.2) is 0 Å². The van der Waals surface area contributed by atoms with Gasteiger partial charge >= 0.3 is 0 Å². The smallest absolute Gasteiger partial charge is 0.227 e. The lowest BCUT2D eigenvalue weighted by molar-refractivity contribution is -0.134. The number of thioether (sulfide) groups is 1. The molecule has 0 aromatic carbocycles. The zero-order valence-corrected chi connectivity index (χ0v) is 13.9. The van der Waals surface area contributed by atoms with Crippen molar-refractivity contribution >= 4 is 17.7 Å². The van der Waals surface area contributed by atoms with Crippen LogP contribution in [0.25, 0.3) is 0 Å². The maximum atomic E-state index is 12.9. The molecule has 4 nitrogen and oxygen atoms in total. The Morgan fingerprint density at radius 1 is 1.33 bits per heavy atom.